The molecule has 72 valence electrons. The van der Waals surface area contributed by atoms with Crippen LogP contribution < -0.4 is 16.4 Å². The van der Waals surface area contributed by atoms with E-state index in [4.69, 9.17) is 5.73 Å². The number of urea groups is 1. The summed E-state index contributed by atoms with van der Waals surface area (Å²) in [5.41, 5.74) is 5.84. The highest BCUT2D eigenvalue weighted by atomic mass is 32.1. The van der Waals surface area contributed by atoms with E-state index in [-0.39, 0.29) is 6.04 Å². The van der Waals surface area contributed by atoms with Crippen molar-refractivity contribution < 1.29 is 4.79 Å². The van der Waals surface area contributed by atoms with Gasteiger partial charge in [-0.1, -0.05) is 0 Å². The van der Waals surface area contributed by atoms with Crippen LogP contribution in [0.4, 0.5) is 9.93 Å². The maximum absolute atomic E-state index is 10.5. The van der Waals surface area contributed by atoms with E-state index in [0.717, 1.165) is 5.69 Å². The first-order chi connectivity index (χ1) is 6.13. The van der Waals surface area contributed by atoms with Crippen molar-refractivity contribution in [2.45, 2.75) is 13.0 Å². The molecule has 1 heterocycles. The summed E-state index contributed by atoms with van der Waals surface area (Å²) in [4.78, 5) is 14.6. The van der Waals surface area contributed by atoms with Crippen molar-refractivity contribution in [1.29, 1.82) is 0 Å². The number of anilines is 1. The molecule has 0 fully saturated rings. The van der Waals surface area contributed by atoms with Crippen molar-refractivity contribution in [3.05, 3.63) is 11.1 Å². The first-order valence-electron chi connectivity index (χ1n) is 3.82. The average Bonchev–Trinajstić information content (AvgIpc) is 2.50. The van der Waals surface area contributed by atoms with Crippen LogP contribution in [0.3, 0.4) is 0 Å². The Morgan fingerprint density at radius 3 is 3.00 bits per heavy atom. The summed E-state index contributed by atoms with van der Waals surface area (Å²) in [6, 6.07) is -0.405. The Morgan fingerprint density at radius 2 is 2.46 bits per heavy atom. The number of amides is 2. The van der Waals surface area contributed by atoms with Crippen molar-refractivity contribution in [1.82, 2.24) is 10.3 Å². The number of nitrogens with two attached hydrogens (primary N) is 1. The van der Waals surface area contributed by atoms with E-state index in [2.05, 4.69) is 15.6 Å². The third-order valence-electron chi connectivity index (χ3n) is 1.63. The van der Waals surface area contributed by atoms with Gasteiger partial charge in [0.15, 0.2) is 5.13 Å². The van der Waals surface area contributed by atoms with Gasteiger partial charge in [0.25, 0.3) is 0 Å². The molecular weight excluding hydrogens is 188 g/mol. The zero-order chi connectivity index (χ0) is 9.84. The van der Waals surface area contributed by atoms with Crippen molar-refractivity contribution in [3.8, 4) is 0 Å². The number of thiazole rings is 1. The van der Waals surface area contributed by atoms with Gasteiger partial charge in [0.2, 0.25) is 0 Å². The molecule has 1 unspecified atom stereocenters. The largest absolute Gasteiger partial charge is 0.351 e. The molecule has 0 bridgehead atoms. The van der Waals surface area contributed by atoms with Gasteiger partial charge in [0, 0.05) is 11.4 Å². The van der Waals surface area contributed by atoms with E-state index in [1.54, 1.807) is 0 Å². The van der Waals surface area contributed by atoms with Gasteiger partial charge in [-0.05, 0) is 14.0 Å². The van der Waals surface area contributed by atoms with Crippen LogP contribution in [-0.2, 0) is 0 Å². The molecule has 1 aromatic rings. The molecule has 0 radical (unpaired) electrons. The molecule has 0 aliphatic heterocycles. The fourth-order valence-electron chi connectivity index (χ4n) is 0.796. The molecule has 0 saturated heterocycles. The smallest absolute Gasteiger partial charge is 0.318 e. The number of carbonyl (C=O) groups excluding carboxylic acids is 1. The molecule has 4 N–H and O–H groups in total. The summed E-state index contributed by atoms with van der Waals surface area (Å²) < 4.78 is 0. The monoisotopic (exact) mass is 200 g/mol. The average molecular weight is 200 g/mol. The molecule has 2 amide bonds. The van der Waals surface area contributed by atoms with E-state index >= 15 is 0 Å². The third-order valence-corrected chi connectivity index (χ3v) is 2.40. The maximum Gasteiger partial charge on any atom is 0.318 e. The number of hydrogen-bond donors (Lipinski definition) is 3. The number of aromatic nitrogens is 1. The van der Waals surface area contributed by atoms with Crippen molar-refractivity contribution in [3.63, 3.8) is 0 Å². The van der Waals surface area contributed by atoms with Crippen molar-refractivity contribution >= 4 is 22.5 Å². The van der Waals surface area contributed by atoms with E-state index in [0.29, 0.717) is 5.13 Å². The van der Waals surface area contributed by atoms with Crippen LogP contribution in [0.15, 0.2) is 5.38 Å². The lowest BCUT2D eigenvalue weighted by atomic mass is 10.3. The highest BCUT2D eigenvalue weighted by Crippen LogP contribution is 2.19. The van der Waals surface area contributed by atoms with Crippen molar-refractivity contribution in [2.24, 2.45) is 5.73 Å². The minimum atomic E-state index is -0.585. The van der Waals surface area contributed by atoms with Gasteiger partial charge in [-0.2, -0.15) is 0 Å². The van der Waals surface area contributed by atoms with Crippen LogP contribution in [0.5, 0.6) is 0 Å². The Hall–Kier alpha value is -1.14. The Kier molecular flexibility index (Phi) is 3.21. The fourth-order valence-corrected chi connectivity index (χ4v) is 1.60. The molecule has 0 aliphatic rings. The standard InChI is InChI=1S/C7H12N4OS/c1-4(9-2)5-3-13-7(10-5)11-6(8)12/h3-4,9H,1-2H3,(H3,8,10,11,12). The predicted octanol–water partition coefficient (Wildman–Crippen LogP) is 0.914. The van der Waals surface area contributed by atoms with Gasteiger partial charge in [-0.3, -0.25) is 5.32 Å². The Bertz CT molecular complexity index is 298. The molecule has 0 spiro atoms. The molecular formula is C7H12N4OS. The minimum absolute atomic E-state index is 0.180. The van der Waals surface area contributed by atoms with Crippen LogP contribution in [-0.4, -0.2) is 18.1 Å². The second kappa shape index (κ2) is 4.20. The molecule has 5 nitrogen and oxygen atoms in total. The van der Waals surface area contributed by atoms with Gasteiger partial charge < -0.3 is 11.1 Å². The van der Waals surface area contributed by atoms with Gasteiger partial charge in [0.05, 0.1) is 5.69 Å². The molecule has 0 saturated carbocycles. The number of nitrogens with one attached hydrogen (secondary N) is 2. The molecule has 13 heavy (non-hydrogen) atoms. The van der Waals surface area contributed by atoms with Gasteiger partial charge in [-0.15, -0.1) is 11.3 Å². The summed E-state index contributed by atoms with van der Waals surface area (Å²) in [5, 5.41) is 7.88. The second-order valence-electron chi connectivity index (χ2n) is 2.58. The number of carbonyl (C=O) groups is 1. The lowest BCUT2D eigenvalue weighted by molar-refractivity contribution is 0.259. The van der Waals surface area contributed by atoms with E-state index in [1.165, 1.54) is 11.3 Å². The number of hydrogen-bond acceptors (Lipinski definition) is 4. The lowest BCUT2D eigenvalue weighted by Crippen LogP contribution is -2.19. The number of primary amides is 1. The van der Waals surface area contributed by atoms with Crippen LogP contribution in [0.1, 0.15) is 18.7 Å². The Morgan fingerprint density at radius 1 is 1.77 bits per heavy atom. The second-order valence-corrected chi connectivity index (χ2v) is 3.44. The SMILES string of the molecule is CNC(C)c1csc(NC(N)=O)n1. The maximum atomic E-state index is 10.5. The lowest BCUT2D eigenvalue weighted by Gasteiger charge is -2.04. The molecule has 1 rings (SSSR count). The number of nitrogens with zero attached hydrogens (tertiary/aromatic N) is 1. The highest BCUT2D eigenvalue weighted by Gasteiger charge is 2.08. The van der Waals surface area contributed by atoms with Crippen molar-refractivity contribution in [2.75, 3.05) is 12.4 Å². The summed E-state index contributed by atoms with van der Waals surface area (Å²) in [6.45, 7) is 1.99. The normalized spacial score (nSPS) is 12.5. The third kappa shape index (κ3) is 2.67. The Balaban J connectivity index is 2.68. The quantitative estimate of drug-likeness (QED) is 0.678. The zero-order valence-corrected chi connectivity index (χ0v) is 8.31. The van der Waals surface area contributed by atoms with Crippen LogP contribution in [0.25, 0.3) is 0 Å². The van der Waals surface area contributed by atoms with E-state index in [9.17, 15) is 4.79 Å². The molecule has 0 aliphatic carbocycles. The summed E-state index contributed by atoms with van der Waals surface area (Å²) in [5.74, 6) is 0. The first-order valence-corrected chi connectivity index (χ1v) is 4.70. The van der Waals surface area contributed by atoms with Crippen LogP contribution in [0.2, 0.25) is 0 Å². The topological polar surface area (TPSA) is 80.0 Å². The summed E-state index contributed by atoms with van der Waals surface area (Å²) in [6.07, 6.45) is 0. The van der Waals surface area contributed by atoms with Gasteiger partial charge in [-0.25, -0.2) is 9.78 Å². The van der Waals surface area contributed by atoms with Crippen LogP contribution in [0, 0.1) is 0 Å². The predicted molar refractivity (Wildman–Crippen MR) is 52.8 cm³/mol. The zero-order valence-electron chi connectivity index (χ0n) is 7.50. The molecule has 1 atom stereocenters. The Labute approximate surface area is 80.4 Å². The highest BCUT2D eigenvalue weighted by molar-refractivity contribution is 7.13. The molecule has 6 heteroatoms. The minimum Gasteiger partial charge on any atom is -0.351 e. The summed E-state index contributed by atoms with van der Waals surface area (Å²) in [7, 11) is 1.85. The summed E-state index contributed by atoms with van der Waals surface area (Å²) >= 11 is 1.36. The van der Waals surface area contributed by atoms with Crippen LogP contribution >= 0.6 is 11.3 Å². The fraction of sp³-hybridized carbons (Fsp3) is 0.429. The number of rotatable bonds is 3. The van der Waals surface area contributed by atoms with Gasteiger partial charge >= 0.3 is 6.03 Å². The molecule has 1 aromatic heterocycles. The first kappa shape index (κ1) is 9.94. The van der Waals surface area contributed by atoms with E-state index in [1.807, 2.05) is 19.4 Å². The van der Waals surface area contributed by atoms with Gasteiger partial charge in [0.1, 0.15) is 0 Å². The van der Waals surface area contributed by atoms with E-state index < -0.39 is 6.03 Å². The molecule has 0 aromatic carbocycles.